The lowest BCUT2D eigenvalue weighted by Gasteiger charge is -2.16. The van der Waals surface area contributed by atoms with Gasteiger partial charge in [0.05, 0.1) is 6.20 Å². The van der Waals surface area contributed by atoms with Gasteiger partial charge in [0.25, 0.3) is 0 Å². The third-order valence-corrected chi connectivity index (χ3v) is 1.62. The maximum absolute atomic E-state index is 12.3. The first-order chi connectivity index (χ1) is 6.42. The van der Waals surface area contributed by atoms with Crippen LogP contribution in [0, 0.1) is 0 Å². The molecular weight excluding hydrogens is 270 g/mol. The van der Waals surface area contributed by atoms with Gasteiger partial charge >= 0.3 is 12.5 Å². The lowest BCUT2D eigenvalue weighted by atomic mass is 10.4. The summed E-state index contributed by atoms with van der Waals surface area (Å²) in [5.41, 5.74) is 0. The zero-order chi connectivity index (χ0) is 10.8. The molecule has 0 amide bonds. The molecule has 1 aromatic heterocycles. The second-order valence-corrected chi connectivity index (χ2v) is 3.22. The fraction of sp³-hybridized carbons (Fsp3) is 0.286. The molecule has 1 aromatic rings. The molecule has 1 rings (SSSR count). The van der Waals surface area contributed by atoms with Gasteiger partial charge in [0.1, 0.15) is 5.75 Å². The van der Waals surface area contributed by atoms with Gasteiger partial charge in [0.2, 0.25) is 0 Å². The van der Waals surface area contributed by atoms with Crippen LogP contribution >= 0.6 is 15.9 Å². The van der Waals surface area contributed by atoms with Crippen LogP contribution < -0.4 is 4.74 Å². The molecule has 0 fully saturated rings. The molecule has 78 valence electrons. The quantitative estimate of drug-likeness (QED) is 0.790. The summed E-state index contributed by atoms with van der Waals surface area (Å²) in [6, 6.07) is 1.11. The number of rotatable bonds is 3. The molecule has 0 spiro atoms. The Balaban J connectivity index is 2.78. The Morgan fingerprint density at radius 1 is 1.36 bits per heavy atom. The molecule has 0 aliphatic rings. The van der Waals surface area contributed by atoms with Crippen LogP contribution in [0.4, 0.5) is 17.6 Å². The minimum Gasteiger partial charge on any atom is -0.427 e. The van der Waals surface area contributed by atoms with E-state index in [1.807, 2.05) is 0 Å². The lowest BCUT2D eigenvalue weighted by Crippen LogP contribution is -2.33. The molecule has 0 aliphatic carbocycles. The molecule has 0 atom stereocenters. The summed E-state index contributed by atoms with van der Waals surface area (Å²) in [5, 5.41) is 0. The molecule has 0 saturated carbocycles. The predicted molar refractivity (Wildman–Crippen MR) is 43.5 cm³/mol. The van der Waals surface area contributed by atoms with E-state index in [2.05, 4.69) is 25.7 Å². The van der Waals surface area contributed by atoms with E-state index in [1.165, 1.54) is 6.20 Å². The summed E-state index contributed by atoms with van der Waals surface area (Å²) in [4.78, 5) is 3.48. The molecule has 0 radical (unpaired) electrons. The average Bonchev–Trinajstić information content (AvgIpc) is 2.02. The molecule has 2 nitrogen and oxygen atoms in total. The summed E-state index contributed by atoms with van der Waals surface area (Å²) in [6.45, 7) is 0. The monoisotopic (exact) mass is 273 g/mol. The van der Waals surface area contributed by atoms with Crippen LogP contribution in [0.1, 0.15) is 0 Å². The smallest absolute Gasteiger partial charge is 0.427 e. The Morgan fingerprint density at radius 3 is 2.50 bits per heavy atom. The number of nitrogens with zero attached hydrogens (tertiary/aromatic N) is 1. The molecule has 1 heterocycles. The summed E-state index contributed by atoms with van der Waals surface area (Å²) in [7, 11) is 0. The Morgan fingerprint density at radius 2 is 2.00 bits per heavy atom. The van der Waals surface area contributed by atoms with Crippen LogP contribution in [0.5, 0.6) is 5.75 Å². The zero-order valence-corrected chi connectivity index (χ0v) is 8.14. The van der Waals surface area contributed by atoms with Crippen molar-refractivity contribution in [2.24, 2.45) is 0 Å². The van der Waals surface area contributed by atoms with Gasteiger partial charge in [-0.25, -0.2) is 0 Å². The summed E-state index contributed by atoms with van der Waals surface area (Å²) < 4.78 is 52.2. The number of ether oxygens (including phenoxy) is 1. The third kappa shape index (κ3) is 2.83. The van der Waals surface area contributed by atoms with Crippen molar-refractivity contribution in [3.63, 3.8) is 0 Å². The van der Waals surface area contributed by atoms with E-state index in [1.54, 1.807) is 0 Å². The first kappa shape index (κ1) is 11.2. The topological polar surface area (TPSA) is 22.1 Å². The minimum atomic E-state index is -4.50. The molecule has 0 aromatic carbocycles. The van der Waals surface area contributed by atoms with Gasteiger partial charge < -0.3 is 4.74 Å². The number of hydrogen-bond donors (Lipinski definition) is 0. The molecule has 0 unspecified atom stereocenters. The third-order valence-electron chi connectivity index (χ3n) is 1.19. The van der Waals surface area contributed by atoms with Crippen LogP contribution in [0.2, 0.25) is 0 Å². The van der Waals surface area contributed by atoms with Crippen molar-refractivity contribution in [3.8, 4) is 5.75 Å². The Kier molecular flexibility index (Phi) is 3.30. The fourth-order valence-corrected chi connectivity index (χ4v) is 0.994. The van der Waals surface area contributed by atoms with Crippen LogP contribution in [0.15, 0.2) is 22.9 Å². The molecule has 0 saturated heterocycles. The van der Waals surface area contributed by atoms with Crippen molar-refractivity contribution < 1.29 is 22.3 Å². The maximum atomic E-state index is 12.3. The van der Waals surface area contributed by atoms with Crippen LogP contribution in [-0.4, -0.2) is 17.5 Å². The lowest BCUT2D eigenvalue weighted by molar-refractivity contribution is -0.253. The van der Waals surface area contributed by atoms with Gasteiger partial charge in [-0.1, -0.05) is 0 Å². The number of aromatic nitrogens is 1. The van der Waals surface area contributed by atoms with Crippen molar-refractivity contribution in [1.82, 2.24) is 4.98 Å². The van der Waals surface area contributed by atoms with E-state index in [0.717, 1.165) is 12.3 Å². The van der Waals surface area contributed by atoms with Crippen LogP contribution in [-0.2, 0) is 0 Å². The molecule has 0 bridgehead atoms. The fourth-order valence-electron chi connectivity index (χ4n) is 0.650. The van der Waals surface area contributed by atoms with E-state index in [-0.39, 0.29) is 0 Å². The van der Waals surface area contributed by atoms with E-state index >= 15 is 0 Å². The molecule has 7 heteroatoms. The van der Waals surface area contributed by atoms with E-state index in [9.17, 15) is 17.6 Å². The van der Waals surface area contributed by atoms with Crippen molar-refractivity contribution in [3.05, 3.63) is 22.9 Å². The van der Waals surface area contributed by atoms with Gasteiger partial charge in [0, 0.05) is 10.7 Å². The van der Waals surface area contributed by atoms with Gasteiger partial charge in [-0.2, -0.15) is 17.6 Å². The first-order valence-electron chi connectivity index (χ1n) is 3.37. The molecule has 0 N–H and O–H groups in total. The average molecular weight is 274 g/mol. The van der Waals surface area contributed by atoms with E-state index in [0.29, 0.717) is 4.47 Å². The summed E-state index contributed by atoms with van der Waals surface area (Å²) >= 11 is 2.93. The van der Waals surface area contributed by atoms with Crippen LogP contribution in [0.25, 0.3) is 0 Å². The van der Waals surface area contributed by atoms with Crippen molar-refractivity contribution in [1.29, 1.82) is 0 Å². The Labute approximate surface area is 85.0 Å². The Bertz CT molecular complexity index is 320. The summed E-state index contributed by atoms with van der Waals surface area (Å²) in [6.07, 6.45) is -6.14. The molecular formula is C7H4BrF4NO. The SMILES string of the molecule is FC(F)C(F)(F)Oc1cncc(Br)c1. The van der Waals surface area contributed by atoms with Gasteiger partial charge in [-0.05, 0) is 22.0 Å². The minimum absolute atomic E-state index is 0.361. The van der Waals surface area contributed by atoms with Gasteiger partial charge in [0.15, 0.2) is 0 Å². The largest absolute Gasteiger partial charge is 0.461 e. The normalized spacial score (nSPS) is 11.9. The second-order valence-electron chi connectivity index (χ2n) is 2.30. The van der Waals surface area contributed by atoms with Gasteiger partial charge in [-0.3, -0.25) is 4.98 Å². The highest BCUT2D eigenvalue weighted by Crippen LogP contribution is 2.28. The van der Waals surface area contributed by atoms with E-state index < -0.39 is 18.3 Å². The van der Waals surface area contributed by atoms with Crippen molar-refractivity contribution in [2.45, 2.75) is 12.5 Å². The zero-order valence-electron chi connectivity index (χ0n) is 6.55. The number of hydrogen-bond acceptors (Lipinski definition) is 2. The van der Waals surface area contributed by atoms with Gasteiger partial charge in [-0.15, -0.1) is 0 Å². The van der Waals surface area contributed by atoms with Crippen LogP contribution in [0.3, 0.4) is 0 Å². The highest BCUT2D eigenvalue weighted by atomic mass is 79.9. The second kappa shape index (κ2) is 4.12. The molecule has 0 aliphatic heterocycles. The Hall–Kier alpha value is -0.850. The highest BCUT2D eigenvalue weighted by molar-refractivity contribution is 9.10. The number of halogens is 5. The number of pyridine rings is 1. The maximum Gasteiger partial charge on any atom is 0.461 e. The van der Waals surface area contributed by atoms with Crippen molar-refractivity contribution >= 4 is 15.9 Å². The first-order valence-corrected chi connectivity index (χ1v) is 4.16. The predicted octanol–water partition coefficient (Wildman–Crippen LogP) is 3.08. The standard InChI is InChI=1S/C7H4BrF4NO/c8-4-1-5(3-13-2-4)14-7(11,12)6(9)10/h1-3,6H. The number of alkyl halides is 4. The molecule has 14 heavy (non-hydrogen) atoms. The highest BCUT2D eigenvalue weighted by Gasteiger charge is 2.44. The van der Waals surface area contributed by atoms with E-state index in [4.69, 9.17) is 0 Å². The summed E-state index contributed by atoms with van der Waals surface area (Å²) in [5.74, 6) is -0.426. The van der Waals surface area contributed by atoms with Crippen molar-refractivity contribution in [2.75, 3.05) is 0 Å².